The topological polar surface area (TPSA) is 32.5 Å². The number of benzene rings is 1. The van der Waals surface area contributed by atoms with Gasteiger partial charge in [-0.25, -0.2) is 0 Å². The molecular weight excluding hydrogens is 274 g/mol. The van der Waals surface area contributed by atoms with Gasteiger partial charge in [0, 0.05) is 44.8 Å². The molecule has 0 aliphatic carbocycles. The van der Waals surface area contributed by atoms with E-state index in [0.29, 0.717) is 0 Å². The third-order valence-corrected chi connectivity index (χ3v) is 4.52. The second kappa shape index (κ2) is 6.63. The first kappa shape index (κ1) is 15.3. The maximum absolute atomic E-state index is 5.26. The predicted octanol–water partition coefficient (Wildman–Crippen LogP) is 2.92. The molecule has 22 heavy (non-hydrogen) atoms. The summed E-state index contributed by atoms with van der Waals surface area (Å²) in [6, 6.07) is 8.82. The molecule has 0 radical (unpaired) electrons. The average Bonchev–Trinajstić information content (AvgIpc) is 2.81. The number of rotatable bonds is 4. The van der Waals surface area contributed by atoms with E-state index in [1.54, 1.807) is 0 Å². The van der Waals surface area contributed by atoms with Gasteiger partial charge in [-0.2, -0.15) is 0 Å². The molecule has 2 aromatic rings. The van der Waals surface area contributed by atoms with Crippen molar-refractivity contribution in [3.05, 3.63) is 52.4 Å². The molecule has 0 N–H and O–H groups in total. The molecule has 0 atom stereocenters. The Hall–Kier alpha value is -1.65. The quantitative estimate of drug-likeness (QED) is 0.869. The monoisotopic (exact) mass is 299 g/mol. The van der Waals surface area contributed by atoms with E-state index in [1.807, 2.05) is 13.8 Å². The Morgan fingerprint density at radius 1 is 1.00 bits per heavy atom. The van der Waals surface area contributed by atoms with Gasteiger partial charge in [-0.1, -0.05) is 35.0 Å². The molecule has 4 nitrogen and oxygen atoms in total. The maximum Gasteiger partial charge on any atom is 0.138 e. The standard InChI is InChI=1S/C18H25N3O/c1-14-5-4-6-17(11-14)12-20-7-9-21(10-8-20)13-18-15(2)19-22-16(18)3/h4-6,11H,7-10,12-13H2,1-3H3. The third-order valence-electron chi connectivity index (χ3n) is 4.52. The van der Waals surface area contributed by atoms with Crippen molar-refractivity contribution in [2.24, 2.45) is 0 Å². The molecule has 0 amide bonds. The first-order chi connectivity index (χ1) is 10.6. The van der Waals surface area contributed by atoms with Crippen molar-refractivity contribution >= 4 is 0 Å². The molecule has 1 aromatic carbocycles. The molecule has 0 saturated carbocycles. The van der Waals surface area contributed by atoms with E-state index in [0.717, 1.165) is 50.7 Å². The van der Waals surface area contributed by atoms with Crippen LogP contribution in [-0.4, -0.2) is 41.1 Å². The minimum absolute atomic E-state index is 0.958. The highest BCUT2D eigenvalue weighted by atomic mass is 16.5. The molecule has 1 fully saturated rings. The zero-order chi connectivity index (χ0) is 15.5. The lowest BCUT2D eigenvalue weighted by Crippen LogP contribution is -2.45. The van der Waals surface area contributed by atoms with Crippen molar-refractivity contribution in [3.8, 4) is 0 Å². The molecule has 1 aromatic heterocycles. The van der Waals surface area contributed by atoms with Crippen molar-refractivity contribution in [2.45, 2.75) is 33.9 Å². The summed E-state index contributed by atoms with van der Waals surface area (Å²) in [5, 5.41) is 4.05. The van der Waals surface area contributed by atoms with Gasteiger partial charge in [-0.05, 0) is 26.3 Å². The zero-order valence-electron chi connectivity index (χ0n) is 13.8. The predicted molar refractivity (Wildman–Crippen MR) is 87.7 cm³/mol. The van der Waals surface area contributed by atoms with Gasteiger partial charge in [0.05, 0.1) is 5.69 Å². The molecular formula is C18H25N3O. The number of aromatic nitrogens is 1. The first-order valence-corrected chi connectivity index (χ1v) is 8.04. The van der Waals surface area contributed by atoms with E-state index in [4.69, 9.17) is 4.52 Å². The van der Waals surface area contributed by atoms with Crippen LogP contribution in [0.1, 0.15) is 28.1 Å². The molecule has 1 aliphatic rings. The van der Waals surface area contributed by atoms with Gasteiger partial charge in [0.1, 0.15) is 5.76 Å². The van der Waals surface area contributed by atoms with E-state index in [2.05, 4.69) is 46.1 Å². The van der Waals surface area contributed by atoms with Gasteiger partial charge in [-0.15, -0.1) is 0 Å². The molecule has 4 heteroatoms. The van der Waals surface area contributed by atoms with Gasteiger partial charge in [0.15, 0.2) is 0 Å². The summed E-state index contributed by atoms with van der Waals surface area (Å²) in [6.45, 7) is 12.7. The van der Waals surface area contributed by atoms with E-state index in [-0.39, 0.29) is 0 Å². The fourth-order valence-electron chi connectivity index (χ4n) is 3.13. The lowest BCUT2D eigenvalue weighted by atomic mass is 10.1. The minimum atomic E-state index is 0.958. The summed E-state index contributed by atoms with van der Waals surface area (Å²) < 4.78 is 5.26. The molecule has 0 bridgehead atoms. The summed E-state index contributed by atoms with van der Waals surface area (Å²) in [5.74, 6) is 0.958. The van der Waals surface area contributed by atoms with E-state index in [1.165, 1.54) is 16.7 Å². The molecule has 118 valence electrons. The summed E-state index contributed by atoms with van der Waals surface area (Å²) in [7, 11) is 0. The molecule has 1 aliphatic heterocycles. The Kier molecular flexibility index (Phi) is 4.60. The largest absolute Gasteiger partial charge is 0.361 e. The van der Waals surface area contributed by atoms with Crippen LogP contribution < -0.4 is 0 Å². The van der Waals surface area contributed by atoms with Gasteiger partial charge in [-0.3, -0.25) is 9.80 Å². The van der Waals surface area contributed by atoms with Crippen LogP contribution in [0.3, 0.4) is 0 Å². The Morgan fingerprint density at radius 2 is 1.68 bits per heavy atom. The first-order valence-electron chi connectivity index (χ1n) is 8.04. The number of hydrogen-bond donors (Lipinski definition) is 0. The Morgan fingerprint density at radius 3 is 2.27 bits per heavy atom. The molecule has 0 spiro atoms. The fraction of sp³-hybridized carbons (Fsp3) is 0.500. The number of nitrogens with zero attached hydrogens (tertiary/aromatic N) is 3. The normalized spacial score (nSPS) is 17.0. The van der Waals surface area contributed by atoms with Crippen LogP contribution in [-0.2, 0) is 13.1 Å². The van der Waals surface area contributed by atoms with Crippen LogP contribution in [0.4, 0.5) is 0 Å². The lowest BCUT2D eigenvalue weighted by molar-refractivity contribution is 0.121. The maximum atomic E-state index is 5.26. The van der Waals surface area contributed by atoms with Crippen molar-refractivity contribution in [2.75, 3.05) is 26.2 Å². The van der Waals surface area contributed by atoms with Crippen molar-refractivity contribution in [1.82, 2.24) is 15.0 Å². The third kappa shape index (κ3) is 3.57. The highest BCUT2D eigenvalue weighted by Crippen LogP contribution is 2.17. The number of piperazine rings is 1. The van der Waals surface area contributed by atoms with Crippen LogP contribution in [0.2, 0.25) is 0 Å². The summed E-state index contributed by atoms with van der Waals surface area (Å²) in [4.78, 5) is 5.04. The number of aryl methyl sites for hydroxylation is 3. The van der Waals surface area contributed by atoms with Gasteiger partial charge < -0.3 is 4.52 Å². The summed E-state index contributed by atoms with van der Waals surface area (Å²) >= 11 is 0. The van der Waals surface area contributed by atoms with E-state index in [9.17, 15) is 0 Å². The van der Waals surface area contributed by atoms with Gasteiger partial charge in [0.2, 0.25) is 0 Å². The van der Waals surface area contributed by atoms with Crippen molar-refractivity contribution < 1.29 is 4.52 Å². The smallest absolute Gasteiger partial charge is 0.138 e. The van der Waals surface area contributed by atoms with Gasteiger partial charge in [0.25, 0.3) is 0 Å². The molecule has 2 heterocycles. The molecule has 0 unspecified atom stereocenters. The Labute approximate surface area is 132 Å². The van der Waals surface area contributed by atoms with Crippen LogP contribution in [0.15, 0.2) is 28.8 Å². The highest BCUT2D eigenvalue weighted by Gasteiger charge is 2.19. The highest BCUT2D eigenvalue weighted by molar-refractivity contribution is 5.22. The van der Waals surface area contributed by atoms with Crippen molar-refractivity contribution in [1.29, 1.82) is 0 Å². The van der Waals surface area contributed by atoms with Crippen LogP contribution in [0.5, 0.6) is 0 Å². The van der Waals surface area contributed by atoms with Crippen molar-refractivity contribution in [3.63, 3.8) is 0 Å². The Bertz CT molecular complexity index is 608. The lowest BCUT2D eigenvalue weighted by Gasteiger charge is -2.34. The van der Waals surface area contributed by atoms with Crippen LogP contribution in [0, 0.1) is 20.8 Å². The van der Waals surface area contributed by atoms with Gasteiger partial charge >= 0.3 is 0 Å². The fourth-order valence-corrected chi connectivity index (χ4v) is 3.13. The van der Waals surface area contributed by atoms with Crippen LogP contribution >= 0.6 is 0 Å². The second-order valence-electron chi connectivity index (χ2n) is 6.34. The molecule has 3 rings (SSSR count). The summed E-state index contributed by atoms with van der Waals surface area (Å²) in [6.07, 6.45) is 0. The van der Waals surface area contributed by atoms with Crippen LogP contribution in [0.25, 0.3) is 0 Å². The SMILES string of the molecule is Cc1cccc(CN2CCN(Cc3c(C)noc3C)CC2)c1. The minimum Gasteiger partial charge on any atom is -0.361 e. The van der Waals surface area contributed by atoms with E-state index >= 15 is 0 Å². The average molecular weight is 299 g/mol. The Balaban J connectivity index is 1.52. The molecule has 1 saturated heterocycles. The summed E-state index contributed by atoms with van der Waals surface area (Å²) in [5.41, 5.74) is 5.04. The zero-order valence-corrected chi connectivity index (χ0v) is 13.8. The van der Waals surface area contributed by atoms with E-state index < -0.39 is 0 Å². The number of hydrogen-bond acceptors (Lipinski definition) is 4. The second-order valence-corrected chi connectivity index (χ2v) is 6.34.